The Hall–Kier alpha value is -2.09. The summed E-state index contributed by atoms with van der Waals surface area (Å²) in [5.74, 6) is 0.275. The van der Waals surface area contributed by atoms with Gasteiger partial charge in [0.05, 0.1) is 0 Å². The number of amides is 2. The fourth-order valence-corrected chi connectivity index (χ4v) is 2.26. The number of benzene rings is 2. The highest BCUT2D eigenvalue weighted by molar-refractivity contribution is 14.1. The molecular weight excluding hydrogens is 395 g/mol. The summed E-state index contributed by atoms with van der Waals surface area (Å²) in [6, 6.07) is 14.4. The van der Waals surface area contributed by atoms with E-state index in [1.165, 1.54) is 6.92 Å². The number of carbonyl (C=O) groups is 2. The summed E-state index contributed by atoms with van der Waals surface area (Å²) >= 11 is 2.18. The van der Waals surface area contributed by atoms with Crippen LogP contribution >= 0.6 is 22.6 Å². The Labute approximate surface area is 142 Å². The largest absolute Gasteiger partial charge is 0.484 e. The monoisotopic (exact) mass is 410 g/mol. The molecular formula is C16H15IN2O3. The first-order valence-electron chi connectivity index (χ1n) is 6.59. The van der Waals surface area contributed by atoms with E-state index in [0.29, 0.717) is 17.1 Å². The molecule has 0 heterocycles. The van der Waals surface area contributed by atoms with Gasteiger partial charge in [-0.15, -0.1) is 0 Å². The number of carbonyl (C=O) groups excluding carboxylic acids is 2. The van der Waals surface area contributed by atoms with Gasteiger partial charge in [-0.25, -0.2) is 0 Å². The smallest absolute Gasteiger partial charge is 0.262 e. The average molecular weight is 410 g/mol. The van der Waals surface area contributed by atoms with E-state index in [0.717, 1.165) is 3.57 Å². The van der Waals surface area contributed by atoms with Gasteiger partial charge in [0.2, 0.25) is 5.91 Å². The van der Waals surface area contributed by atoms with Gasteiger partial charge in [0.1, 0.15) is 5.75 Å². The van der Waals surface area contributed by atoms with Gasteiger partial charge in [-0.2, -0.15) is 0 Å². The van der Waals surface area contributed by atoms with Gasteiger partial charge in [0.25, 0.3) is 5.91 Å². The Kier molecular flexibility index (Phi) is 5.76. The molecule has 2 aromatic carbocycles. The van der Waals surface area contributed by atoms with E-state index in [9.17, 15) is 9.59 Å². The molecule has 5 nitrogen and oxygen atoms in total. The molecule has 0 bridgehead atoms. The fourth-order valence-electron chi connectivity index (χ4n) is 1.74. The molecule has 2 amide bonds. The lowest BCUT2D eigenvalue weighted by Crippen LogP contribution is -2.20. The second-order valence-electron chi connectivity index (χ2n) is 4.55. The van der Waals surface area contributed by atoms with Gasteiger partial charge >= 0.3 is 0 Å². The Morgan fingerprint density at radius 3 is 2.27 bits per heavy atom. The molecule has 0 saturated carbocycles. The zero-order valence-electron chi connectivity index (χ0n) is 11.9. The SMILES string of the molecule is CC(=O)Nc1ccc(NC(=O)COc2cccc(I)c2)cc1. The van der Waals surface area contributed by atoms with Crippen molar-refractivity contribution >= 4 is 45.8 Å². The first-order chi connectivity index (χ1) is 10.5. The Morgan fingerprint density at radius 1 is 1.05 bits per heavy atom. The summed E-state index contributed by atoms with van der Waals surface area (Å²) in [7, 11) is 0. The molecule has 2 N–H and O–H groups in total. The summed E-state index contributed by atoms with van der Waals surface area (Å²) in [4.78, 5) is 22.7. The highest BCUT2D eigenvalue weighted by Crippen LogP contribution is 2.16. The number of rotatable bonds is 5. The lowest BCUT2D eigenvalue weighted by Gasteiger charge is -2.08. The van der Waals surface area contributed by atoms with Crippen LogP contribution in [0.15, 0.2) is 48.5 Å². The lowest BCUT2D eigenvalue weighted by molar-refractivity contribution is -0.118. The van der Waals surface area contributed by atoms with Crippen molar-refractivity contribution in [3.8, 4) is 5.75 Å². The van der Waals surface area contributed by atoms with Crippen molar-refractivity contribution < 1.29 is 14.3 Å². The molecule has 0 aliphatic rings. The minimum Gasteiger partial charge on any atom is -0.484 e. The van der Waals surface area contributed by atoms with Gasteiger partial charge in [0.15, 0.2) is 6.61 Å². The Bertz CT molecular complexity index is 671. The molecule has 0 unspecified atom stereocenters. The summed E-state index contributed by atoms with van der Waals surface area (Å²) in [5, 5.41) is 5.39. The molecule has 22 heavy (non-hydrogen) atoms. The predicted molar refractivity (Wildman–Crippen MR) is 94.0 cm³/mol. The third kappa shape index (κ3) is 5.36. The van der Waals surface area contributed by atoms with Crippen LogP contribution in [0, 0.1) is 3.57 Å². The normalized spacial score (nSPS) is 9.91. The third-order valence-electron chi connectivity index (χ3n) is 2.66. The highest BCUT2D eigenvalue weighted by atomic mass is 127. The topological polar surface area (TPSA) is 67.4 Å². The van der Waals surface area contributed by atoms with Crippen molar-refractivity contribution in [3.05, 3.63) is 52.1 Å². The van der Waals surface area contributed by atoms with Crippen molar-refractivity contribution in [1.29, 1.82) is 0 Å². The van der Waals surface area contributed by atoms with Crippen molar-refractivity contribution in [2.24, 2.45) is 0 Å². The molecule has 0 atom stereocenters. The molecule has 0 fully saturated rings. The lowest BCUT2D eigenvalue weighted by atomic mass is 10.2. The van der Waals surface area contributed by atoms with Gasteiger partial charge in [0, 0.05) is 21.9 Å². The molecule has 0 saturated heterocycles. The molecule has 6 heteroatoms. The van der Waals surface area contributed by atoms with Crippen LogP contribution in [0.2, 0.25) is 0 Å². The van der Waals surface area contributed by atoms with E-state index in [2.05, 4.69) is 33.2 Å². The highest BCUT2D eigenvalue weighted by Gasteiger charge is 2.04. The molecule has 0 radical (unpaired) electrons. The third-order valence-corrected chi connectivity index (χ3v) is 3.33. The van der Waals surface area contributed by atoms with Crippen LogP contribution in [0.1, 0.15) is 6.92 Å². The molecule has 0 spiro atoms. The number of halogens is 1. The van der Waals surface area contributed by atoms with Gasteiger partial charge < -0.3 is 15.4 Å². The maximum atomic E-state index is 11.8. The minimum absolute atomic E-state index is 0.0620. The molecule has 0 aliphatic heterocycles. The standard InChI is InChI=1S/C16H15IN2O3/c1-11(20)18-13-5-7-14(8-6-13)19-16(21)10-22-15-4-2-3-12(17)9-15/h2-9H,10H2,1H3,(H,18,20)(H,19,21). The van der Waals surface area contributed by atoms with Gasteiger partial charge in [-0.3, -0.25) is 9.59 Å². The molecule has 2 rings (SSSR count). The van der Waals surface area contributed by atoms with Gasteiger partial charge in [-0.05, 0) is 65.1 Å². The summed E-state index contributed by atoms with van der Waals surface area (Å²) in [6.07, 6.45) is 0. The second-order valence-corrected chi connectivity index (χ2v) is 5.80. The first kappa shape index (κ1) is 16.3. The number of anilines is 2. The van der Waals surface area contributed by atoms with Crippen LogP contribution in [-0.4, -0.2) is 18.4 Å². The maximum absolute atomic E-state index is 11.8. The van der Waals surface area contributed by atoms with Crippen molar-refractivity contribution in [2.45, 2.75) is 6.92 Å². The first-order valence-corrected chi connectivity index (χ1v) is 7.67. The zero-order valence-corrected chi connectivity index (χ0v) is 14.1. The van der Waals surface area contributed by atoms with Crippen LogP contribution in [0.5, 0.6) is 5.75 Å². The van der Waals surface area contributed by atoms with E-state index >= 15 is 0 Å². The van der Waals surface area contributed by atoms with Crippen LogP contribution in [0.4, 0.5) is 11.4 Å². The summed E-state index contributed by atoms with van der Waals surface area (Å²) < 4.78 is 6.47. The van der Waals surface area contributed by atoms with E-state index < -0.39 is 0 Å². The molecule has 114 valence electrons. The molecule has 2 aromatic rings. The van der Waals surface area contributed by atoms with E-state index in [1.807, 2.05) is 18.2 Å². The predicted octanol–water partition coefficient (Wildman–Crippen LogP) is 3.27. The maximum Gasteiger partial charge on any atom is 0.262 e. The fraction of sp³-hybridized carbons (Fsp3) is 0.125. The second kappa shape index (κ2) is 7.79. The zero-order chi connectivity index (χ0) is 15.9. The average Bonchev–Trinajstić information content (AvgIpc) is 2.47. The summed E-state index contributed by atoms with van der Waals surface area (Å²) in [6.45, 7) is 1.38. The quantitative estimate of drug-likeness (QED) is 0.744. The van der Waals surface area contributed by atoms with Crippen molar-refractivity contribution in [3.63, 3.8) is 0 Å². The minimum atomic E-state index is -0.244. The van der Waals surface area contributed by atoms with E-state index in [1.54, 1.807) is 30.3 Å². The number of hydrogen-bond acceptors (Lipinski definition) is 3. The molecule has 0 aromatic heterocycles. The Morgan fingerprint density at radius 2 is 1.68 bits per heavy atom. The van der Waals surface area contributed by atoms with Gasteiger partial charge in [-0.1, -0.05) is 6.07 Å². The van der Waals surface area contributed by atoms with E-state index in [4.69, 9.17) is 4.74 Å². The van der Waals surface area contributed by atoms with Crippen molar-refractivity contribution in [1.82, 2.24) is 0 Å². The van der Waals surface area contributed by atoms with Crippen LogP contribution in [0.3, 0.4) is 0 Å². The van der Waals surface area contributed by atoms with Crippen LogP contribution in [-0.2, 0) is 9.59 Å². The van der Waals surface area contributed by atoms with E-state index in [-0.39, 0.29) is 18.4 Å². The van der Waals surface area contributed by atoms with Crippen LogP contribution in [0.25, 0.3) is 0 Å². The number of nitrogens with one attached hydrogen (secondary N) is 2. The number of ether oxygens (including phenoxy) is 1. The summed E-state index contributed by atoms with van der Waals surface area (Å²) in [5.41, 5.74) is 1.32. The number of hydrogen-bond donors (Lipinski definition) is 2. The van der Waals surface area contributed by atoms with Crippen LogP contribution < -0.4 is 15.4 Å². The Balaban J connectivity index is 1.85. The molecule has 0 aliphatic carbocycles. The van der Waals surface area contributed by atoms with Crippen molar-refractivity contribution in [2.75, 3.05) is 17.2 Å².